The lowest BCUT2D eigenvalue weighted by molar-refractivity contribution is 0.0836. The molecule has 2 aromatic rings. The highest BCUT2D eigenvalue weighted by Crippen LogP contribution is 2.36. The number of carbonyl (C=O) groups excluding carboxylic acids is 1. The Labute approximate surface area is 199 Å². The van der Waals surface area contributed by atoms with Crippen LogP contribution in [0.25, 0.3) is 0 Å². The molecule has 1 atom stereocenters. The topological polar surface area (TPSA) is 86.0 Å². The first kappa shape index (κ1) is 22.1. The zero-order chi connectivity index (χ0) is 23.1. The van der Waals surface area contributed by atoms with E-state index in [0.29, 0.717) is 47.6 Å². The number of hydrogen-bond donors (Lipinski definition) is 2. The molecule has 2 N–H and O–H groups in total. The number of halogens is 1. The first-order valence-corrected chi connectivity index (χ1v) is 12.4. The molecule has 1 aliphatic carbocycles. The second-order valence-electron chi connectivity index (χ2n) is 9.11. The molecule has 3 aliphatic rings. The largest absolute Gasteiger partial charge is 0.506 e. The van der Waals surface area contributed by atoms with Crippen molar-refractivity contribution in [3.63, 3.8) is 0 Å². The van der Waals surface area contributed by atoms with E-state index in [1.54, 1.807) is 17.0 Å². The molecule has 1 saturated carbocycles. The highest BCUT2D eigenvalue weighted by atomic mass is 35.5. The predicted molar refractivity (Wildman–Crippen MR) is 131 cm³/mol. The Kier molecular flexibility index (Phi) is 5.95. The summed E-state index contributed by atoms with van der Waals surface area (Å²) in [4.78, 5) is 27.3. The highest BCUT2D eigenvalue weighted by Gasteiger charge is 2.43. The van der Waals surface area contributed by atoms with Gasteiger partial charge in [-0.1, -0.05) is 43.9 Å². The Bertz CT molecular complexity index is 1090. The van der Waals surface area contributed by atoms with Gasteiger partial charge in [0.15, 0.2) is 11.5 Å². The minimum atomic E-state index is -0.0756. The minimum Gasteiger partial charge on any atom is -0.506 e. The van der Waals surface area contributed by atoms with Gasteiger partial charge in [-0.25, -0.2) is 4.99 Å². The Balaban J connectivity index is 1.59. The van der Waals surface area contributed by atoms with Crippen molar-refractivity contribution < 1.29 is 9.90 Å². The standard InChI is InChI=1S/C24H31ClN6O2/c1-3-16-14-31-21-20(22(33)29(4-2)24(31)27-16)30(13-15-10-11-19(32)18(25)12-15)23(28-21)26-17-8-6-5-7-9-17/h10-12,16-17,32H,3-9,13-14H2,1-2H3,(H,26,28)/t16-/m1/s1. The van der Waals surface area contributed by atoms with Gasteiger partial charge in [0.2, 0.25) is 11.9 Å². The average Bonchev–Trinajstić information content (AvgIpc) is 3.39. The van der Waals surface area contributed by atoms with Gasteiger partial charge in [-0.05, 0) is 43.9 Å². The number of imidazole rings is 1. The number of aliphatic imine (C=N–C) groups is 1. The van der Waals surface area contributed by atoms with Gasteiger partial charge < -0.3 is 10.4 Å². The van der Waals surface area contributed by atoms with Crippen LogP contribution in [-0.2, 0) is 6.54 Å². The first-order chi connectivity index (χ1) is 16.0. The predicted octanol–water partition coefficient (Wildman–Crippen LogP) is 4.47. The zero-order valence-corrected chi connectivity index (χ0v) is 20.0. The first-order valence-electron chi connectivity index (χ1n) is 12.0. The van der Waals surface area contributed by atoms with Crippen LogP contribution in [0.3, 0.4) is 0 Å². The fourth-order valence-corrected chi connectivity index (χ4v) is 5.25. The summed E-state index contributed by atoms with van der Waals surface area (Å²) in [7, 11) is 0. The van der Waals surface area contributed by atoms with Crippen molar-refractivity contribution in [1.29, 1.82) is 0 Å². The van der Waals surface area contributed by atoms with E-state index in [2.05, 4.69) is 17.1 Å². The van der Waals surface area contributed by atoms with Crippen LogP contribution in [0.4, 0.5) is 11.8 Å². The van der Waals surface area contributed by atoms with E-state index >= 15 is 0 Å². The number of carbonyl (C=O) groups is 1. The number of nitrogens with zero attached hydrogens (tertiary/aromatic N) is 5. The van der Waals surface area contributed by atoms with Gasteiger partial charge in [0, 0.05) is 12.6 Å². The monoisotopic (exact) mass is 470 g/mol. The second kappa shape index (κ2) is 8.89. The molecule has 9 heteroatoms. The smallest absolute Gasteiger partial charge is 0.281 e. The fraction of sp³-hybridized carbons (Fsp3) is 0.542. The number of nitrogens with one attached hydrogen (secondary N) is 1. The second-order valence-corrected chi connectivity index (χ2v) is 9.52. The highest BCUT2D eigenvalue weighted by molar-refractivity contribution is 6.32. The van der Waals surface area contributed by atoms with Crippen LogP contribution in [-0.4, -0.2) is 56.6 Å². The molecule has 1 fully saturated rings. The summed E-state index contributed by atoms with van der Waals surface area (Å²) in [6.07, 6.45) is 6.80. The van der Waals surface area contributed by atoms with Crippen molar-refractivity contribution in [2.24, 2.45) is 4.99 Å². The van der Waals surface area contributed by atoms with Crippen molar-refractivity contribution in [3.05, 3.63) is 34.5 Å². The summed E-state index contributed by atoms with van der Waals surface area (Å²) in [5, 5.41) is 13.8. The molecule has 0 radical (unpaired) electrons. The van der Waals surface area contributed by atoms with Crippen molar-refractivity contribution >= 4 is 35.2 Å². The number of aromatic hydroxyl groups is 1. The Morgan fingerprint density at radius 3 is 2.70 bits per heavy atom. The summed E-state index contributed by atoms with van der Waals surface area (Å²) >= 11 is 6.18. The normalized spacial score (nSPS) is 20.6. The number of rotatable bonds is 6. The number of benzene rings is 1. The van der Waals surface area contributed by atoms with E-state index < -0.39 is 0 Å². The lowest BCUT2D eigenvalue weighted by atomic mass is 9.96. The van der Waals surface area contributed by atoms with Crippen LogP contribution in [0.5, 0.6) is 5.75 Å². The molecule has 5 rings (SSSR count). The third kappa shape index (κ3) is 3.94. The molecule has 2 aliphatic heterocycles. The van der Waals surface area contributed by atoms with Crippen LogP contribution in [0.15, 0.2) is 23.2 Å². The molecular formula is C24H31ClN6O2. The molecule has 0 spiro atoms. The van der Waals surface area contributed by atoms with Gasteiger partial charge in [-0.3, -0.25) is 19.2 Å². The average molecular weight is 471 g/mol. The summed E-state index contributed by atoms with van der Waals surface area (Å²) in [5.74, 6) is 2.08. The van der Waals surface area contributed by atoms with E-state index in [1.807, 2.05) is 17.6 Å². The van der Waals surface area contributed by atoms with Crippen molar-refractivity contribution in [2.75, 3.05) is 23.3 Å². The van der Waals surface area contributed by atoms with Gasteiger partial charge in [0.1, 0.15) is 5.75 Å². The van der Waals surface area contributed by atoms with Crippen molar-refractivity contribution in [2.45, 2.75) is 71.0 Å². The van der Waals surface area contributed by atoms with Crippen LogP contribution in [0, 0.1) is 0 Å². The Hall–Kier alpha value is -2.74. The van der Waals surface area contributed by atoms with Crippen LogP contribution in [0.2, 0.25) is 5.02 Å². The number of guanidine groups is 1. The van der Waals surface area contributed by atoms with E-state index in [9.17, 15) is 9.90 Å². The molecule has 1 amide bonds. The third-order valence-corrected chi connectivity index (χ3v) is 7.21. The minimum absolute atomic E-state index is 0.0467. The summed E-state index contributed by atoms with van der Waals surface area (Å²) in [6.45, 7) is 5.80. The lowest BCUT2D eigenvalue weighted by Crippen LogP contribution is -2.50. The SMILES string of the molecule is CC[C@@H]1CN2C(=N1)N(CC)C(=O)c1c2nc(NC2CCCCC2)n1Cc1ccc(O)c(Cl)c1. The van der Waals surface area contributed by atoms with Crippen molar-refractivity contribution in [3.8, 4) is 5.75 Å². The molecule has 33 heavy (non-hydrogen) atoms. The van der Waals surface area contributed by atoms with Gasteiger partial charge >= 0.3 is 0 Å². The lowest BCUT2D eigenvalue weighted by Gasteiger charge is -2.32. The van der Waals surface area contributed by atoms with Crippen molar-refractivity contribution in [1.82, 2.24) is 14.5 Å². The maximum absolute atomic E-state index is 13.7. The number of amides is 1. The van der Waals surface area contributed by atoms with E-state index in [0.717, 1.165) is 31.4 Å². The quantitative estimate of drug-likeness (QED) is 0.650. The summed E-state index contributed by atoms with van der Waals surface area (Å²) < 4.78 is 1.98. The van der Waals surface area contributed by atoms with Gasteiger partial charge in [0.05, 0.1) is 24.2 Å². The van der Waals surface area contributed by atoms with E-state index in [-0.39, 0.29) is 17.7 Å². The number of fused-ring (bicyclic) bond motifs is 3. The molecule has 8 nitrogen and oxygen atoms in total. The summed E-state index contributed by atoms with van der Waals surface area (Å²) in [5.41, 5.74) is 1.47. The van der Waals surface area contributed by atoms with Gasteiger partial charge in [-0.2, -0.15) is 4.98 Å². The number of anilines is 2. The zero-order valence-electron chi connectivity index (χ0n) is 19.2. The fourth-order valence-electron chi connectivity index (χ4n) is 5.05. The molecule has 1 aromatic carbocycles. The Morgan fingerprint density at radius 2 is 2.00 bits per heavy atom. The molecular weight excluding hydrogens is 440 g/mol. The van der Waals surface area contributed by atoms with Gasteiger partial charge in [0.25, 0.3) is 5.91 Å². The van der Waals surface area contributed by atoms with Crippen LogP contribution >= 0.6 is 11.6 Å². The van der Waals surface area contributed by atoms with Crippen LogP contribution < -0.4 is 10.2 Å². The molecule has 0 unspecified atom stereocenters. The molecule has 3 heterocycles. The molecule has 1 aromatic heterocycles. The maximum atomic E-state index is 13.7. The van der Waals surface area contributed by atoms with Crippen LogP contribution in [0.1, 0.15) is 68.4 Å². The number of hydrogen-bond acceptors (Lipinski definition) is 6. The molecule has 0 bridgehead atoms. The van der Waals surface area contributed by atoms with E-state index in [4.69, 9.17) is 21.6 Å². The summed E-state index contributed by atoms with van der Waals surface area (Å²) in [6, 6.07) is 5.67. The molecule has 0 saturated heterocycles. The Morgan fingerprint density at radius 1 is 1.21 bits per heavy atom. The number of aromatic nitrogens is 2. The van der Waals surface area contributed by atoms with Gasteiger partial charge in [-0.15, -0.1) is 0 Å². The number of phenolic OH excluding ortho intramolecular Hbond substituents is 1. The third-order valence-electron chi connectivity index (χ3n) is 6.91. The maximum Gasteiger partial charge on any atom is 0.281 e. The van der Waals surface area contributed by atoms with E-state index in [1.165, 1.54) is 19.3 Å². The number of phenols is 1. The molecule has 176 valence electrons.